The highest BCUT2D eigenvalue weighted by Gasteiger charge is 2.23. The third kappa shape index (κ3) is 2.17. The Bertz CT molecular complexity index is 458. The van der Waals surface area contributed by atoms with E-state index in [1.54, 1.807) is 11.4 Å². The Labute approximate surface area is 95.9 Å². The maximum absolute atomic E-state index is 11.8. The molecule has 0 aliphatic rings. The summed E-state index contributed by atoms with van der Waals surface area (Å²) < 4.78 is 25.6. The Hall–Kier alpha value is -0.350. The second-order valence-electron chi connectivity index (χ2n) is 2.52. The number of hydrogen-bond acceptors (Lipinski definition) is 3. The first kappa shape index (κ1) is 11.7. The minimum atomic E-state index is -3.43. The largest absolute Gasteiger partial charge is 0.254 e. The van der Waals surface area contributed by atoms with Crippen molar-refractivity contribution in [2.75, 3.05) is 13.6 Å². The van der Waals surface area contributed by atoms with Crippen LogP contribution < -0.4 is 0 Å². The molecule has 1 aromatic rings. The van der Waals surface area contributed by atoms with Gasteiger partial charge in [0, 0.05) is 11.5 Å². The fourth-order valence-electron chi connectivity index (χ4n) is 0.819. The normalized spacial score (nSPS) is 11.6. The second kappa shape index (κ2) is 4.45. The predicted molar refractivity (Wildman–Crippen MR) is 60.7 cm³/mol. The average molecular weight is 294 g/mol. The molecule has 0 atom stereocenters. The fraction of sp³-hybridized carbons (Fsp3) is 0.250. The van der Waals surface area contributed by atoms with E-state index in [0.717, 1.165) is 4.31 Å². The molecular weight excluding hydrogens is 286 g/mol. The van der Waals surface area contributed by atoms with Gasteiger partial charge in [-0.25, -0.2) is 8.42 Å². The average Bonchev–Trinajstić information content (AvgIpc) is 2.52. The van der Waals surface area contributed by atoms with Gasteiger partial charge in [-0.05, 0) is 27.4 Å². The lowest BCUT2D eigenvalue weighted by Crippen LogP contribution is -2.26. The summed E-state index contributed by atoms with van der Waals surface area (Å²) in [6.45, 7) is 0.0761. The number of nitrogens with zero attached hydrogens (tertiary/aromatic N) is 1. The molecule has 0 N–H and O–H groups in total. The summed E-state index contributed by atoms with van der Waals surface area (Å²) in [6.07, 6.45) is 5.05. The van der Waals surface area contributed by atoms with E-state index < -0.39 is 10.0 Å². The highest BCUT2D eigenvalue weighted by atomic mass is 79.9. The minimum Gasteiger partial charge on any atom is -0.206 e. The van der Waals surface area contributed by atoms with Crippen LogP contribution in [0.5, 0.6) is 0 Å². The molecule has 0 saturated carbocycles. The van der Waals surface area contributed by atoms with Gasteiger partial charge in [-0.1, -0.05) is 5.92 Å². The van der Waals surface area contributed by atoms with Gasteiger partial charge in [0.25, 0.3) is 10.0 Å². The molecule has 0 spiro atoms. The molecule has 0 fully saturated rings. The third-order valence-corrected chi connectivity index (χ3v) is 5.99. The maximum Gasteiger partial charge on any atom is 0.254 e. The van der Waals surface area contributed by atoms with E-state index in [1.807, 2.05) is 0 Å². The number of rotatable bonds is 3. The van der Waals surface area contributed by atoms with Crippen LogP contribution in [-0.2, 0) is 10.0 Å². The molecule has 0 amide bonds. The van der Waals surface area contributed by atoms with Gasteiger partial charge in [-0.3, -0.25) is 0 Å². The molecule has 6 heteroatoms. The van der Waals surface area contributed by atoms with Crippen molar-refractivity contribution in [2.24, 2.45) is 0 Å². The zero-order valence-electron chi connectivity index (χ0n) is 7.40. The monoisotopic (exact) mass is 293 g/mol. The first-order chi connectivity index (χ1) is 6.50. The van der Waals surface area contributed by atoms with E-state index >= 15 is 0 Å². The SMILES string of the molecule is C#CCN(C)S(=O)(=O)c1sccc1Br. The van der Waals surface area contributed by atoms with Crippen LogP contribution >= 0.6 is 27.3 Å². The summed E-state index contributed by atoms with van der Waals surface area (Å²) in [5.41, 5.74) is 0. The summed E-state index contributed by atoms with van der Waals surface area (Å²) in [5.74, 6) is 2.29. The van der Waals surface area contributed by atoms with Crippen molar-refractivity contribution in [2.45, 2.75) is 4.21 Å². The first-order valence-electron chi connectivity index (χ1n) is 3.63. The molecule has 1 rings (SSSR count). The Morgan fingerprint density at radius 1 is 1.71 bits per heavy atom. The molecule has 0 radical (unpaired) electrons. The van der Waals surface area contributed by atoms with E-state index in [2.05, 4.69) is 21.9 Å². The quantitative estimate of drug-likeness (QED) is 0.797. The van der Waals surface area contributed by atoms with E-state index in [-0.39, 0.29) is 10.8 Å². The molecule has 76 valence electrons. The summed E-state index contributed by atoms with van der Waals surface area (Å²) in [4.78, 5) is 0. The van der Waals surface area contributed by atoms with Crippen LogP contribution in [0, 0.1) is 12.3 Å². The van der Waals surface area contributed by atoms with Crippen molar-refractivity contribution < 1.29 is 8.42 Å². The number of thiophene rings is 1. The Balaban J connectivity index is 3.10. The van der Waals surface area contributed by atoms with Crippen LogP contribution in [0.15, 0.2) is 20.1 Å². The van der Waals surface area contributed by atoms with Gasteiger partial charge in [-0.15, -0.1) is 17.8 Å². The highest BCUT2D eigenvalue weighted by molar-refractivity contribution is 9.10. The van der Waals surface area contributed by atoms with Crippen molar-refractivity contribution >= 4 is 37.3 Å². The lowest BCUT2D eigenvalue weighted by atomic mass is 10.7. The fourth-order valence-corrected chi connectivity index (χ4v) is 4.41. The maximum atomic E-state index is 11.8. The highest BCUT2D eigenvalue weighted by Crippen LogP contribution is 2.29. The van der Waals surface area contributed by atoms with Crippen LogP contribution in [0.1, 0.15) is 0 Å². The van der Waals surface area contributed by atoms with Crippen molar-refractivity contribution in [1.82, 2.24) is 4.31 Å². The van der Waals surface area contributed by atoms with Crippen molar-refractivity contribution in [1.29, 1.82) is 0 Å². The molecule has 0 unspecified atom stereocenters. The molecule has 0 aliphatic carbocycles. The molecule has 0 aliphatic heterocycles. The first-order valence-corrected chi connectivity index (χ1v) is 6.74. The van der Waals surface area contributed by atoms with E-state index in [4.69, 9.17) is 6.42 Å². The number of terminal acetylenes is 1. The van der Waals surface area contributed by atoms with Crippen LogP contribution in [0.3, 0.4) is 0 Å². The van der Waals surface area contributed by atoms with Crippen LogP contribution in [0.25, 0.3) is 0 Å². The van der Waals surface area contributed by atoms with Crippen LogP contribution in [0.4, 0.5) is 0 Å². The van der Waals surface area contributed by atoms with Gasteiger partial charge in [-0.2, -0.15) is 4.31 Å². The molecule has 3 nitrogen and oxygen atoms in total. The summed E-state index contributed by atoms with van der Waals surface area (Å²) >= 11 is 4.34. The van der Waals surface area contributed by atoms with E-state index in [1.165, 1.54) is 18.4 Å². The Morgan fingerprint density at radius 2 is 2.36 bits per heavy atom. The third-order valence-electron chi connectivity index (χ3n) is 1.54. The zero-order valence-corrected chi connectivity index (χ0v) is 10.6. The molecular formula is C8H8BrNO2S2. The van der Waals surface area contributed by atoms with Crippen molar-refractivity contribution in [3.8, 4) is 12.3 Å². The number of halogens is 1. The molecule has 14 heavy (non-hydrogen) atoms. The molecule has 1 heterocycles. The van der Waals surface area contributed by atoms with E-state index in [0.29, 0.717) is 4.47 Å². The molecule has 0 bridgehead atoms. The Morgan fingerprint density at radius 3 is 2.79 bits per heavy atom. The van der Waals surface area contributed by atoms with Crippen LogP contribution in [-0.4, -0.2) is 26.3 Å². The molecule has 1 aromatic heterocycles. The predicted octanol–water partition coefficient (Wildman–Crippen LogP) is 1.76. The topological polar surface area (TPSA) is 37.4 Å². The summed E-state index contributed by atoms with van der Waals surface area (Å²) in [6, 6.07) is 1.70. The van der Waals surface area contributed by atoms with Gasteiger partial charge in [0.1, 0.15) is 4.21 Å². The molecule has 0 saturated heterocycles. The number of sulfonamides is 1. The standard InChI is InChI=1S/C8H8BrNO2S2/c1-3-5-10(2)14(11,12)8-7(9)4-6-13-8/h1,4,6H,5H2,2H3. The Kier molecular flexibility index (Phi) is 3.72. The van der Waals surface area contributed by atoms with E-state index in [9.17, 15) is 8.42 Å². The van der Waals surface area contributed by atoms with Crippen molar-refractivity contribution in [3.63, 3.8) is 0 Å². The summed E-state index contributed by atoms with van der Waals surface area (Å²) in [5, 5.41) is 1.71. The second-order valence-corrected chi connectivity index (χ2v) is 6.53. The van der Waals surface area contributed by atoms with Crippen LogP contribution in [0.2, 0.25) is 0 Å². The lowest BCUT2D eigenvalue weighted by Gasteiger charge is -2.12. The van der Waals surface area contributed by atoms with Gasteiger partial charge < -0.3 is 0 Å². The van der Waals surface area contributed by atoms with Gasteiger partial charge in [0.15, 0.2) is 0 Å². The lowest BCUT2D eigenvalue weighted by molar-refractivity contribution is 0.504. The number of hydrogen-bond donors (Lipinski definition) is 0. The zero-order chi connectivity index (χ0) is 10.8. The smallest absolute Gasteiger partial charge is 0.206 e. The van der Waals surface area contributed by atoms with Gasteiger partial charge >= 0.3 is 0 Å². The van der Waals surface area contributed by atoms with Gasteiger partial charge in [0.05, 0.1) is 6.54 Å². The molecule has 0 aromatic carbocycles. The minimum absolute atomic E-state index is 0.0761. The van der Waals surface area contributed by atoms with Crippen molar-refractivity contribution in [3.05, 3.63) is 15.9 Å². The van der Waals surface area contributed by atoms with Gasteiger partial charge in [0.2, 0.25) is 0 Å². The summed E-state index contributed by atoms with van der Waals surface area (Å²) in [7, 11) is -1.97.